The fraction of sp³-hybridized carbons (Fsp3) is 0.125. The average Bonchev–Trinajstić information content (AvgIpc) is 3.04. The van der Waals surface area contributed by atoms with Gasteiger partial charge in [-0.2, -0.15) is 0 Å². The lowest BCUT2D eigenvalue weighted by Gasteiger charge is -2.09. The Balaban J connectivity index is 1.99. The molecule has 0 amide bonds. The van der Waals surface area contributed by atoms with E-state index in [9.17, 15) is 0 Å². The van der Waals surface area contributed by atoms with Crippen LogP contribution in [-0.2, 0) is 0 Å². The second-order valence-corrected chi connectivity index (χ2v) is 5.61. The van der Waals surface area contributed by atoms with Gasteiger partial charge in [0.1, 0.15) is 11.5 Å². The van der Waals surface area contributed by atoms with Gasteiger partial charge in [0.2, 0.25) is 0 Å². The molecule has 1 unspecified atom stereocenters. The maximum Gasteiger partial charge on any atom is 0.116 e. The molecular formula is C16H12OS. The summed E-state index contributed by atoms with van der Waals surface area (Å²) in [6.45, 7) is 2.00. The lowest BCUT2D eigenvalue weighted by molar-refractivity contribution is 0.481. The zero-order valence-electron chi connectivity index (χ0n) is 10.0. The van der Waals surface area contributed by atoms with Gasteiger partial charge in [0.15, 0.2) is 0 Å². The first-order valence-electron chi connectivity index (χ1n) is 6.07. The molecule has 88 valence electrons. The Kier molecular flexibility index (Phi) is 2.03. The Morgan fingerprint density at radius 3 is 2.72 bits per heavy atom. The Bertz CT molecular complexity index is 720. The van der Waals surface area contributed by atoms with Crippen molar-refractivity contribution in [1.82, 2.24) is 0 Å². The first-order valence-corrected chi connectivity index (χ1v) is 6.95. The van der Waals surface area contributed by atoms with E-state index in [-0.39, 0.29) is 5.92 Å². The van der Waals surface area contributed by atoms with Gasteiger partial charge in [-0.05, 0) is 47.2 Å². The molecule has 0 saturated carbocycles. The molecule has 2 heteroatoms. The summed E-state index contributed by atoms with van der Waals surface area (Å²) in [6.07, 6.45) is 0. The number of rotatable bonds is 1. The van der Waals surface area contributed by atoms with Gasteiger partial charge in [0.25, 0.3) is 0 Å². The van der Waals surface area contributed by atoms with Crippen molar-refractivity contribution in [3.63, 3.8) is 0 Å². The minimum Gasteiger partial charge on any atom is -0.465 e. The van der Waals surface area contributed by atoms with Gasteiger partial charge in [0, 0.05) is 4.88 Å². The van der Waals surface area contributed by atoms with E-state index < -0.39 is 0 Å². The maximum absolute atomic E-state index is 5.86. The van der Waals surface area contributed by atoms with Gasteiger partial charge < -0.3 is 4.42 Å². The van der Waals surface area contributed by atoms with Gasteiger partial charge in [-0.3, -0.25) is 0 Å². The summed E-state index contributed by atoms with van der Waals surface area (Å²) >= 11 is 1.82. The van der Waals surface area contributed by atoms with Gasteiger partial charge in [-0.25, -0.2) is 0 Å². The monoisotopic (exact) mass is 252 g/mol. The highest BCUT2D eigenvalue weighted by Crippen LogP contribution is 2.50. The molecule has 2 aromatic heterocycles. The van der Waals surface area contributed by atoms with Crippen LogP contribution < -0.4 is 0 Å². The third-order valence-corrected chi connectivity index (χ3v) is 4.55. The average molecular weight is 252 g/mol. The molecule has 1 aromatic carbocycles. The number of thiophene rings is 1. The fourth-order valence-electron chi connectivity index (χ4n) is 2.79. The predicted molar refractivity (Wildman–Crippen MR) is 74.1 cm³/mol. The topological polar surface area (TPSA) is 13.1 Å². The molecule has 0 N–H and O–H groups in total. The van der Waals surface area contributed by atoms with Crippen LogP contribution in [-0.4, -0.2) is 0 Å². The van der Waals surface area contributed by atoms with Crippen molar-refractivity contribution in [3.05, 3.63) is 69.8 Å². The second-order valence-electron chi connectivity index (χ2n) is 4.67. The summed E-state index contributed by atoms with van der Waals surface area (Å²) in [7, 11) is 0. The SMILES string of the molecule is Cc1ccc(C2c3ccccc3-c3ccsc32)o1. The third kappa shape index (κ3) is 1.27. The largest absolute Gasteiger partial charge is 0.465 e. The fourth-order valence-corrected chi connectivity index (χ4v) is 3.83. The lowest BCUT2D eigenvalue weighted by Crippen LogP contribution is -1.95. The molecule has 0 saturated heterocycles. The van der Waals surface area contributed by atoms with E-state index in [1.165, 1.54) is 21.6 Å². The first kappa shape index (κ1) is 10.2. The number of fused-ring (bicyclic) bond motifs is 3. The number of aryl methyl sites for hydroxylation is 1. The molecule has 3 aromatic rings. The molecule has 0 radical (unpaired) electrons. The molecule has 1 atom stereocenters. The van der Waals surface area contributed by atoms with E-state index >= 15 is 0 Å². The summed E-state index contributed by atoms with van der Waals surface area (Å²) in [5.74, 6) is 2.32. The molecule has 1 aliphatic rings. The highest BCUT2D eigenvalue weighted by Gasteiger charge is 2.32. The van der Waals surface area contributed by atoms with E-state index in [1.807, 2.05) is 24.3 Å². The first-order chi connectivity index (χ1) is 8.84. The third-order valence-electron chi connectivity index (χ3n) is 3.56. The lowest BCUT2D eigenvalue weighted by atomic mass is 9.99. The van der Waals surface area contributed by atoms with E-state index in [2.05, 4.69) is 41.8 Å². The van der Waals surface area contributed by atoms with Crippen molar-refractivity contribution < 1.29 is 4.42 Å². The number of hydrogen-bond acceptors (Lipinski definition) is 2. The zero-order chi connectivity index (χ0) is 12.1. The normalized spacial score (nSPS) is 16.6. The Morgan fingerprint density at radius 2 is 1.89 bits per heavy atom. The van der Waals surface area contributed by atoms with Crippen molar-refractivity contribution >= 4 is 11.3 Å². The van der Waals surface area contributed by atoms with Crippen LogP contribution >= 0.6 is 11.3 Å². The highest BCUT2D eigenvalue weighted by molar-refractivity contribution is 7.10. The van der Waals surface area contributed by atoms with Crippen LogP contribution in [0.5, 0.6) is 0 Å². The smallest absolute Gasteiger partial charge is 0.116 e. The summed E-state index contributed by atoms with van der Waals surface area (Å²) in [6, 6.07) is 15.0. The minimum atomic E-state index is 0.282. The highest BCUT2D eigenvalue weighted by atomic mass is 32.1. The van der Waals surface area contributed by atoms with Crippen LogP contribution in [0, 0.1) is 6.92 Å². The van der Waals surface area contributed by atoms with Crippen LogP contribution in [0.25, 0.3) is 11.1 Å². The van der Waals surface area contributed by atoms with Gasteiger partial charge in [-0.1, -0.05) is 24.3 Å². The molecule has 0 aliphatic heterocycles. The number of benzene rings is 1. The predicted octanol–water partition coefficient (Wildman–Crippen LogP) is 4.81. The van der Waals surface area contributed by atoms with Crippen molar-refractivity contribution in [2.45, 2.75) is 12.8 Å². The van der Waals surface area contributed by atoms with E-state index in [1.54, 1.807) is 0 Å². The quantitative estimate of drug-likeness (QED) is 0.474. The second kappa shape index (κ2) is 3.59. The van der Waals surface area contributed by atoms with Crippen LogP contribution in [0.15, 0.2) is 52.3 Å². The zero-order valence-corrected chi connectivity index (χ0v) is 10.8. The molecule has 0 bridgehead atoms. The summed E-state index contributed by atoms with van der Waals surface area (Å²) < 4.78 is 5.86. The van der Waals surface area contributed by atoms with Gasteiger partial charge in [-0.15, -0.1) is 11.3 Å². The Hall–Kier alpha value is -1.80. The molecule has 4 rings (SSSR count). The van der Waals surface area contributed by atoms with Crippen LogP contribution in [0.4, 0.5) is 0 Å². The van der Waals surface area contributed by atoms with Crippen molar-refractivity contribution in [2.75, 3.05) is 0 Å². The van der Waals surface area contributed by atoms with E-state index in [0.717, 1.165) is 11.5 Å². The molecule has 1 aliphatic carbocycles. The van der Waals surface area contributed by atoms with Crippen LogP contribution in [0.1, 0.15) is 27.9 Å². The van der Waals surface area contributed by atoms with Crippen molar-refractivity contribution in [1.29, 1.82) is 0 Å². The van der Waals surface area contributed by atoms with E-state index in [0.29, 0.717) is 0 Å². The summed E-state index contributed by atoms with van der Waals surface area (Å²) in [5, 5.41) is 2.17. The maximum atomic E-state index is 5.86. The molecule has 1 nitrogen and oxygen atoms in total. The molecule has 0 fully saturated rings. The molecule has 2 heterocycles. The van der Waals surface area contributed by atoms with Crippen LogP contribution in [0.2, 0.25) is 0 Å². The van der Waals surface area contributed by atoms with Crippen LogP contribution in [0.3, 0.4) is 0 Å². The van der Waals surface area contributed by atoms with E-state index in [4.69, 9.17) is 4.42 Å². The van der Waals surface area contributed by atoms with Gasteiger partial charge >= 0.3 is 0 Å². The molecule has 0 spiro atoms. The molecule has 18 heavy (non-hydrogen) atoms. The standard InChI is InChI=1S/C16H12OS/c1-10-6-7-14(17-10)15-12-5-3-2-4-11(12)13-8-9-18-16(13)15/h2-9,15H,1H3. The number of furan rings is 1. The minimum absolute atomic E-state index is 0.282. The Labute approximate surface area is 110 Å². The number of hydrogen-bond donors (Lipinski definition) is 0. The van der Waals surface area contributed by atoms with Gasteiger partial charge in [0.05, 0.1) is 5.92 Å². The summed E-state index contributed by atoms with van der Waals surface area (Å²) in [5.41, 5.74) is 4.09. The Morgan fingerprint density at radius 1 is 1.00 bits per heavy atom. The molecular weight excluding hydrogens is 240 g/mol. The summed E-state index contributed by atoms with van der Waals surface area (Å²) in [4.78, 5) is 1.41. The van der Waals surface area contributed by atoms with Crippen molar-refractivity contribution in [3.8, 4) is 11.1 Å². The van der Waals surface area contributed by atoms with Crippen molar-refractivity contribution in [2.24, 2.45) is 0 Å².